The molecule has 2 aromatic carbocycles. The quantitative estimate of drug-likeness (QED) is 0.400. The molecule has 37 heavy (non-hydrogen) atoms. The Bertz CT molecular complexity index is 1350. The molecule has 0 fully saturated rings. The topological polar surface area (TPSA) is 102 Å². The molecule has 0 unspecified atom stereocenters. The number of pyridine rings is 1. The van der Waals surface area contributed by atoms with Crippen LogP contribution in [0.5, 0.6) is 11.5 Å². The van der Waals surface area contributed by atoms with Gasteiger partial charge in [0.1, 0.15) is 5.82 Å². The first-order valence-electron chi connectivity index (χ1n) is 10.7. The fraction of sp³-hybridized carbons (Fsp3) is 0.208. The number of halogens is 5. The lowest BCUT2D eigenvalue weighted by molar-refractivity contribution is -0.391. The zero-order valence-corrected chi connectivity index (χ0v) is 19.1. The number of benzene rings is 2. The maximum Gasteiger partial charge on any atom is 0.507 e. The molecular weight excluding hydrogens is 503 g/mol. The van der Waals surface area contributed by atoms with Crippen LogP contribution in [0, 0.1) is 5.82 Å². The number of aromatic nitrogens is 1. The number of fused-ring (bicyclic) bond motifs is 1. The number of carbonyl (C=O) groups is 2. The first-order chi connectivity index (χ1) is 17.5. The molecule has 0 saturated heterocycles. The third-order valence-corrected chi connectivity index (χ3v) is 5.23. The summed E-state index contributed by atoms with van der Waals surface area (Å²) in [5.74, 6) is -3.10. The number of nitrogens with one attached hydrogen (secondary N) is 3. The van der Waals surface area contributed by atoms with Gasteiger partial charge in [0.05, 0.1) is 12.0 Å². The Balaban J connectivity index is 1.50. The van der Waals surface area contributed by atoms with Gasteiger partial charge in [0.2, 0.25) is 5.91 Å². The van der Waals surface area contributed by atoms with Crippen molar-refractivity contribution in [3.8, 4) is 11.5 Å². The van der Waals surface area contributed by atoms with Gasteiger partial charge in [-0.05, 0) is 48.0 Å². The number of anilines is 2. The highest BCUT2D eigenvalue weighted by atomic mass is 19.3. The maximum atomic E-state index is 14.0. The van der Waals surface area contributed by atoms with Crippen molar-refractivity contribution in [1.82, 2.24) is 10.3 Å². The molecule has 2 heterocycles. The van der Waals surface area contributed by atoms with Gasteiger partial charge in [-0.2, -0.15) is 17.6 Å². The lowest BCUT2D eigenvalue weighted by Gasteiger charge is -2.31. The summed E-state index contributed by atoms with van der Waals surface area (Å²) >= 11 is 0. The number of nitrogens with zero attached hydrogens (tertiary/aromatic N) is 1. The monoisotopic (exact) mass is 522 g/mol. The van der Waals surface area contributed by atoms with E-state index in [1.165, 1.54) is 19.3 Å². The van der Waals surface area contributed by atoms with Crippen molar-refractivity contribution in [1.29, 1.82) is 0 Å². The van der Waals surface area contributed by atoms with Crippen molar-refractivity contribution in [2.45, 2.75) is 25.2 Å². The summed E-state index contributed by atoms with van der Waals surface area (Å²) in [5, 5.41) is 7.90. The Morgan fingerprint density at radius 1 is 0.946 bits per heavy atom. The van der Waals surface area contributed by atoms with Crippen molar-refractivity contribution < 1.29 is 41.0 Å². The van der Waals surface area contributed by atoms with E-state index < -0.39 is 35.4 Å². The van der Waals surface area contributed by atoms with E-state index in [1.54, 1.807) is 12.1 Å². The lowest BCUT2D eigenvalue weighted by Crippen LogP contribution is -2.52. The predicted molar refractivity (Wildman–Crippen MR) is 121 cm³/mol. The maximum absolute atomic E-state index is 14.0. The van der Waals surface area contributed by atoms with E-state index in [1.807, 2.05) is 0 Å². The molecule has 1 aliphatic rings. The van der Waals surface area contributed by atoms with Gasteiger partial charge in [0, 0.05) is 42.9 Å². The minimum absolute atomic E-state index is 0.0770. The molecule has 13 heteroatoms. The molecular formula is C24H19F5N4O4. The average Bonchev–Trinajstić information content (AvgIpc) is 2.84. The Morgan fingerprint density at radius 2 is 1.68 bits per heavy atom. The van der Waals surface area contributed by atoms with Crippen molar-refractivity contribution in [3.05, 3.63) is 77.4 Å². The van der Waals surface area contributed by atoms with Gasteiger partial charge in [-0.1, -0.05) is 0 Å². The lowest BCUT2D eigenvalue weighted by atomic mass is 10.1. The molecule has 1 aromatic heterocycles. The van der Waals surface area contributed by atoms with E-state index in [4.69, 9.17) is 0 Å². The number of carbonyl (C=O) groups excluding carboxylic acids is 2. The van der Waals surface area contributed by atoms with Gasteiger partial charge in [-0.15, -0.1) is 0 Å². The van der Waals surface area contributed by atoms with E-state index in [0.29, 0.717) is 5.69 Å². The Kier molecular flexibility index (Phi) is 6.88. The summed E-state index contributed by atoms with van der Waals surface area (Å²) in [6, 6.07) is 9.77. The molecule has 0 bridgehead atoms. The van der Waals surface area contributed by atoms with Gasteiger partial charge in [-0.3, -0.25) is 14.6 Å². The van der Waals surface area contributed by atoms with Crippen LogP contribution in [-0.4, -0.2) is 36.1 Å². The molecule has 0 radical (unpaired) electrons. The van der Waals surface area contributed by atoms with E-state index in [0.717, 1.165) is 35.9 Å². The molecule has 1 aliphatic heterocycles. The highest BCUT2D eigenvalue weighted by Gasteiger charge is 2.65. The summed E-state index contributed by atoms with van der Waals surface area (Å²) in [6.45, 7) is 0.197. The summed E-state index contributed by atoms with van der Waals surface area (Å²) in [6.07, 6.45) is -8.19. The Labute approximate surface area is 206 Å². The van der Waals surface area contributed by atoms with Crippen molar-refractivity contribution >= 4 is 23.2 Å². The standard InChI is InChI=1S/C24H19F5N4O4/c1-30-21(34)11-16-8-13(6-7-31-16)12-32-18-4-2-14(25)9-17(18)22(35)33-15-3-5-19-20(10-15)37-24(28,29)23(26,27)36-19/h2-10,32H,11-12H2,1H3,(H,30,34)(H,33,35). The first kappa shape index (κ1) is 25.7. The SMILES string of the molecule is CNC(=O)Cc1cc(CNc2ccc(F)cc2C(=O)Nc2ccc3c(c2)OC(F)(F)C(F)(F)O3)ccn1. The van der Waals surface area contributed by atoms with Gasteiger partial charge in [0.15, 0.2) is 11.5 Å². The van der Waals surface area contributed by atoms with Crippen LogP contribution in [0.25, 0.3) is 0 Å². The zero-order valence-electron chi connectivity index (χ0n) is 19.1. The van der Waals surface area contributed by atoms with Crippen LogP contribution >= 0.6 is 0 Å². The van der Waals surface area contributed by atoms with Gasteiger partial charge in [-0.25, -0.2) is 4.39 Å². The fourth-order valence-corrected chi connectivity index (χ4v) is 3.39. The number of likely N-dealkylation sites (N-methyl/N-ethyl adjacent to an activating group) is 1. The van der Waals surface area contributed by atoms with Crippen LogP contribution in [0.4, 0.5) is 33.3 Å². The van der Waals surface area contributed by atoms with Crippen molar-refractivity contribution in [2.24, 2.45) is 0 Å². The third kappa shape index (κ3) is 5.71. The molecule has 8 nitrogen and oxygen atoms in total. The molecule has 3 N–H and O–H groups in total. The molecule has 0 atom stereocenters. The van der Waals surface area contributed by atoms with E-state index in [2.05, 4.69) is 30.4 Å². The number of hydrogen-bond acceptors (Lipinski definition) is 6. The molecule has 3 aromatic rings. The normalized spacial score (nSPS) is 15.0. The summed E-state index contributed by atoms with van der Waals surface area (Å²) in [7, 11) is 1.51. The highest BCUT2D eigenvalue weighted by molar-refractivity contribution is 6.08. The number of amides is 2. The largest absolute Gasteiger partial charge is 0.507 e. The second kappa shape index (κ2) is 9.91. The van der Waals surface area contributed by atoms with Crippen LogP contribution in [0.15, 0.2) is 54.7 Å². The van der Waals surface area contributed by atoms with Crippen LogP contribution in [-0.2, 0) is 17.8 Å². The fourth-order valence-electron chi connectivity index (χ4n) is 3.39. The number of rotatable bonds is 7. The summed E-state index contributed by atoms with van der Waals surface area (Å²) in [4.78, 5) is 28.6. The number of hydrogen-bond donors (Lipinski definition) is 3. The number of ether oxygens (including phenoxy) is 2. The smallest absolute Gasteiger partial charge is 0.421 e. The average molecular weight is 522 g/mol. The molecule has 0 aliphatic carbocycles. The molecule has 0 saturated carbocycles. The van der Waals surface area contributed by atoms with Crippen molar-refractivity contribution in [3.63, 3.8) is 0 Å². The molecule has 2 amide bonds. The van der Waals surface area contributed by atoms with Gasteiger partial charge in [0.25, 0.3) is 5.91 Å². The zero-order chi connectivity index (χ0) is 26.8. The van der Waals surface area contributed by atoms with E-state index >= 15 is 0 Å². The Morgan fingerprint density at radius 3 is 2.41 bits per heavy atom. The molecule has 194 valence electrons. The Hall–Kier alpha value is -4.42. The van der Waals surface area contributed by atoms with E-state index in [-0.39, 0.29) is 35.8 Å². The van der Waals surface area contributed by atoms with Gasteiger partial charge >= 0.3 is 12.2 Å². The van der Waals surface area contributed by atoms with E-state index in [9.17, 15) is 31.5 Å². The second-order valence-electron chi connectivity index (χ2n) is 7.90. The third-order valence-electron chi connectivity index (χ3n) is 5.23. The molecule has 4 rings (SSSR count). The minimum Gasteiger partial charge on any atom is -0.421 e. The summed E-state index contributed by atoms with van der Waals surface area (Å²) < 4.78 is 75.7. The summed E-state index contributed by atoms with van der Waals surface area (Å²) in [5.41, 5.74) is 1.29. The van der Waals surface area contributed by atoms with Crippen LogP contribution in [0.3, 0.4) is 0 Å². The first-order valence-corrected chi connectivity index (χ1v) is 10.7. The van der Waals surface area contributed by atoms with Gasteiger partial charge < -0.3 is 25.4 Å². The second-order valence-corrected chi connectivity index (χ2v) is 7.90. The predicted octanol–water partition coefficient (Wildman–Crippen LogP) is 4.33. The van der Waals surface area contributed by atoms with Crippen molar-refractivity contribution in [2.75, 3.05) is 17.7 Å². The highest BCUT2D eigenvalue weighted by Crippen LogP contribution is 2.47. The minimum atomic E-state index is -4.92. The van der Waals surface area contributed by atoms with Crippen LogP contribution in [0.1, 0.15) is 21.6 Å². The van der Waals surface area contributed by atoms with Crippen LogP contribution < -0.4 is 25.4 Å². The molecule has 0 spiro atoms. The van der Waals surface area contributed by atoms with Crippen LogP contribution in [0.2, 0.25) is 0 Å². The number of alkyl halides is 4.